The molecule has 0 saturated carbocycles. The van der Waals surface area contributed by atoms with Crippen LogP contribution in [0.25, 0.3) is 0 Å². The first kappa shape index (κ1) is 19.7. The highest BCUT2D eigenvalue weighted by Gasteiger charge is 2.67. The molecule has 7 heteroatoms. The molecule has 0 aromatic carbocycles. The van der Waals surface area contributed by atoms with Gasteiger partial charge in [-0.05, 0) is 38.0 Å². The van der Waals surface area contributed by atoms with E-state index < -0.39 is 5.60 Å². The van der Waals surface area contributed by atoms with Gasteiger partial charge in [0, 0.05) is 51.2 Å². The van der Waals surface area contributed by atoms with Crippen molar-refractivity contribution < 1.29 is 14.3 Å². The quantitative estimate of drug-likeness (QED) is 0.677. The molecule has 5 rings (SSSR count). The third-order valence-corrected chi connectivity index (χ3v) is 7.24. The van der Waals surface area contributed by atoms with Crippen LogP contribution in [0.3, 0.4) is 0 Å². The van der Waals surface area contributed by atoms with Crippen molar-refractivity contribution in [2.24, 2.45) is 11.8 Å². The fraction of sp³-hybridized carbons (Fsp3) is 0.609. The minimum absolute atomic E-state index is 0.0649. The number of likely N-dealkylation sites (tertiary alicyclic amines) is 1. The molecule has 1 spiro atoms. The molecule has 1 aromatic rings. The number of piperazine rings is 1. The number of pyridine rings is 1. The third kappa shape index (κ3) is 3.15. The molecule has 0 radical (unpaired) electrons. The molecule has 1 aromatic heterocycles. The Morgan fingerprint density at radius 1 is 1.23 bits per heavy atom. The standard InChI is InChI=1S/C23H30N4O3/c1-16(2)25-11-13-26(14-12-25)21(28)19-18-3-7-23(30-18)15-27(22(29)20(19)23)10-6-17-4-8-24-9-5-17/h3-5,7-9,16,18-20H,6,10-15H2,1-2H3/t18-,19-,20+,23-/m0/s1. The van der Waals surface area contributed by atoms with E-state index in [2.05, 4.69) is 23.7 Å². The van der Waals surface area contributed by atoms with Crippen molar-refractivity contribution in [2.45, 2.75) is 38.0 Å². The van der Waals surface area contributed by atoms with Gasteiger partial charge in [-0.15, -0.1) is 0 Å². The van der Waals surface area contributed by atoms with Gasteiger partial charge >= 0.3 is 0 Å². The molecular formula is C23H30N4O3. The number of ether oxygens (including phenoxy) is 1. The topological polar surface area (TPSA) is 66.0 Å². The summed E-state index contributed by atoms with van der Waals surface area (Å²) in [6.45, 7) is 8.78. The summed E-state index contributed by atoms with van der Waals surface area (Å²) >= 11 is 0. The first-order chi connectivity index (χ1) is 14.5. The summed E-state index contributed by atoms with van der Waals surface area (Å²) in [5.74, 6) is -0.626. The molecule has 2 bridgehead atoms. The van der Waals surface area contributed by atoms with Crippen molar-refractivity contribution in [2.75, 3.05) is 39.3 Å². The lowest BCUT2D eigenvalue weighted by Gasteiger charge is -2.39. The average Bonchev–Trinajstić information content (AvgIpc) is 3.40. The number of hydrogen-bond donors (Lipinski definition) is 0. The van der Waals surface area contributed by atoms with Crippen LogP contribution in [0.2, 0.25) is 0 Å². The third-order valence-electron chi connectivity index (χ3n) is 7.24. The van der Waals surface area contributed by atoms with Crippen LogP contribution in [0, 0.1) is 11.8 Å². The molecular weight excluding hydrogens is 380 g/mol. The maximum atomic E-state index is 13.5. The van der Waals surface area contributed by atoms with Crippen molar-refractivity contribution in [3.05, 3.63) is 42.2 Å². The summed E-state index contributed by atoms with van der Waals surface area (Å²) in [4.78, 5) is 37.1. The van der Waals surface area contributed by atoms with E-state index in [1.54, 1.807) is 12.4 Å². The lowest BCUT2D eigenvalue weighted by molar-refractivity contribution is -0.144. The Kier molecular flexibility index (Phi) is 4.90. The van der Waals surface area contributed by atoms with E-state index in [1.165, 1.54) is 0 Å². The van der Waals surface area contributed by atoms with E-state index in [1.807, 2.05) is 34.1 Å². The van der Waals surface area contributed by atoms with Gasteiger partial charge < -0.3 is 14.5 Å². The van der Waals surface area contributed by atoms with E-state index in [-0.39, 0.29) is 29.8 Å². The summed E-state index contributed by atoms with van der Waals surface area (Å²) in [7, 11) is 0. The Bertz CT molecular complexity index is 849. The summed E-state index contributed by atoms with van der Waals surface area (Å²) in [5.41, 5.74) is 0.531. The molecule has 30 heavy (non-hydrogen) atoms. The van der Waals surface area contributed by atoms with Crippen molar-refractivity contribution in [3.63, 3.8) is 0 Å². The summed E-state index contributed by atoms with van der Waals surface area (Å²) in [6, 6.07) is 4.44. The Labute approximate surface area is 177 Å². The fourth-order valence-corrected chi connectivity index (χ4v) is 5.53. The lowest BCUT2D eigenvalue weighted by Crippen LogP contribution is -2.54. The molecule has 7 nitrogen and oxygen atoms in total. The Balaban J connectivity index is 1.28. The zero-order chi connectivity index (χ0) is 20.9. The highest BCUT2D eigenvalue weighted by atomic mass is 16.5. The van der Waals surface area contributed by atoms with E-state index in [9.17, 15) is 9.59 Å². The maximum absolute atomic E-state index is 13.5. The van der Waals surface area contributed by atoms with E-state index >= 15 is 0 Å². The van der Waals surface area contributed by atoms with Crippen molar-refractivity contribution >= 4 is 11.8 Å². The zero-order valence-corrected chi connectivity index (χ0v) is 17.7. The molecule has 3 saturated heterocycles. The molecule has 160 valence electrons. The predicted molar refractivity (Wildman–Crippen MR) is 112 cm³/mol. The second-order valence-electron chi connectivity index (χ2n) is 9.22. The Hall–Kier alpha value is -2.25. The largest absolute Gasteiger partial charge is 0.360 e. The van der Waals surface area contributed by atoms with Gasteiger partial charge in [0.2, 0.25) is 11.8 Å². The van der Waals surface area contributed by atoms with Gasteiger partial charge in [-0.2, -0.15) is 0 Å². The highest BCUT2D eigenvalue weighted by molar-refractivity contribution is 5.93. The van der Waals surface area contributed by atoms with Crippen LogP contribution in [0.5, 0.6) is 0 Å². The normalized spacial score (nSPS) is 33.0. The van der Waals surface area contributed by atoms with Crippen LogP contribution in [0.15, 0.2) is 36.7 Å². The molecule has 0 N–H and O–H groups in total. The number of amides is 2. The molecule has 4 aliphatic rings. The SMILES string of the molecule is CC(C)N1CCN(C(=O)[C@H]2[C@@H]3C=C[C@@]4(CN(CCc5ccncc5)C(=O)[C@@H]24)O3)CC1. The van der Waals surface area contributed by atoms with Crippen LogP contribution >= 0.6 is 0 Å². The molecule has 4 atom stereocenters. The zero-order valence-electron chi connectivity index (χ0n) is 17.7. The molecule has 3 fully saturated rings. The van der Waals surface area contributed by atoms with E-state index in [4.69, 9.17) is 4.74 Å². The highest BCUT2D eigenvalue weighted by Crippen LogP contribution is 2.52. The van der Waals surface area contributed by atoms with Crippen molar-refractivity contribution in [1.29, 1.82) is 0 Å². The molecule has 4 aliphatic heterocycles. The van der Waals surface area contributed by atoms with Gasteiger partial charge in [0.25, 0.3) is 0 Å². The summed E-state index contributed by atoms with van der Waals surface area (Å²) in [5, 5.41) is 0. The Morgan fingerprint density at radius 2 is 1.97 bits per heavy atom. The molecule has 5 heterocycles. The number of fused-ring (bicyclic) bond motifs is 1. The van der Waals surface area contributed by atoms with Crippen LogP contribution in [-0.4, -0.2) is 88.5 Å². The lowest BCUT2D eigenvalue weighted by atomic mass is 9.76. The Morgan fingerprint density at radius 3 is 2.67 bits per heavy atom. The minimum Gasteiger partial charge on any atom is -0.360 e. The van der Waals surface area contributed by atoms with Crippen LogP contribution in [-0.2, 0) is 20.7 Å². The van der Waals surface area contributed by atoms with Crippen LogP contribution in [0.4, 0.5) is 0 Å². The van der Waals surface area contributed by atoms with Crippen LogP contribution in [0.1, 0.15) is 19.4 Å². The molecule has 0 unspecified atom stereocenters. The van der Waals surface area contributed by atoms with Crippen molar-refractivity contribution in [1.82, 2.24) is 19.7 Å². The number of carbonyl (C=O) groups is 2. The average molecular weight is 411 g/mol. The number of nitrogens with zero attached hydrogens (tertiary/aromatic N) is 4. The van der Waals surface area contributed by atoms with Gasteiger partial charge in [0.15, 0.2) is 0 Å². The second kappa shape index (κ2) is 7.46. The molecule has 0 aliphatic carbocycles. The minimum atomic E-state index is -0.625. The fourth-order valence-electron chi connectivity index (χ4n) is 5.53. The van der Waals surface area contributed by atoms with Gasteiger partial charge in [-0.25, -0.2) is 0 Å². The van der Waals surface area contributed by atoms with Crippen molar-refractivity contribution in [3.8, 4) is 0 Å². The molecule has 2 amide bonds. The van der Waals surface area contributed by atoms with E-state index in [0.717, 1.165) is 38.2 Å². The second-order valence-corrected chi connectivity index (χ2v) is 9.22. The first-order valence-corrected chi connectivity index (χ1v) is 11.1. The van der Waals surface area contributed by atoms with E-state index in [0.29, 0.717) is 19.1 Å². The number of aromatic nitrogens is 1. The predicted octanol–water partition coefficient (Wildman–Crippen LogP) is 0.959. The first-order valence-electron chi connectivity index (χ1n) is 11.1. The van der Waals surface area contributed by atoms with Gasteiger partial charge in [-0.3, -0.25) is 19.5 Å². The smallest absolute Gasteiger partial charge is 0.230 e. The van der Waals surface area contributed by atoms with Crippen LogP contribution < -0.4 is 0 Å². The number of hydrogen-bond acceptors (Lipinski definition) is 5. The van der Waals surface area contributed by atoms with Gasteiger partial charge in [0.1, 0.15) is 5.60 Å². The summed E-state index contributed by atoms with van der Waals surface area (Å²) in [6.07, 6.45) is 8.10. The number of rotatable bonds is 5. The number of carbonyl (C=O) groups excluding carboxylic acids is 2. The summed E-state index contributed by atoms with van der Waals surface area (Å²) < 4.78 is 6.28. The van der Waals surface area contributed by atoms with Gasteiger partial charge in [-0.1, -0.05) is 12.2 Å². The van der Waals surface area contributed by atoms with Gasteiger partial charge in [0.05, 0.1) is 24.5 Å². The monoisotopic (exact) mass is 410 g/mol. The maximum Gasteiger partial charge on any atom is 0.230 e.